The first kappa shape index (κ1) is 28.7. The number of aromatic amines is 2. The minimum Gasteiger partial charge on any atom is -0.454 e. The van der Waals surface area contributed by atoms with Gasteiger partial charge in [-0.05, 0) is 97.9 Å². The number of halogens is 1. The molecule has 2 amide bonds. The molecule has 0 radical (unpaired) electrons. The van der Waals surface area contributed by atoms with Crippen LogP contribution in [0.2, 0.25) is 5.15 Å². The van der Waals surface area contributed by atoms with E-state index in [0.29, 0.717) is 5.15 Å². The number of nitrogens with one attached hydrogen (secondary N) is 4. The summed E-state index contributed by atoms with van der Waals surface area (Å²) in [6, 6.07) is 14.1. The number of hydrogen-bond acceptors (Lipinski definition) is 5. The van der Waals surface area contributed by atoms with Crippen LogP contribution in [0.3, 0.4) is 0 Å². The molecule has 7 heterocycles. The Morgan fingerprint density at radius 1 is 0.700 bits per heavy atom. The smallest absolute Gasteiger partial charge is 0.253 e. The van der Waals surface area contributed by atoms with Gasteiger partial charge in [0, 0.05) is 64.2 Å². The molecule has 5 aromatic heterocycles. The monoisotopic (exact) mass is 680 g/mol. The highest BCUT2D eigenvalue weighted by Gasteiger charge is 2.50. The van der Waals surface area contributed by atoms with Crippen LogP contribution in [0.5, 0.6) is 0 Å². The lowest BCUT2D eigenvalue weighted by atomic mass is 9.87. The van der Waals surface area contributed by atoms with Crippen molar-refractivity contribution in [1.82, 2.24) is 30.6 Å². The van der Waals surface area contributed by atoms with E-state index in [1.54, 1.807) is 0 Å². The van der Waals surface area contributed by atoms with Crippen molar-refractivity contribution >= 4 is 34.4 Å². The van der Waals surface area contributed by atoms with Crippen LogP contribution in [-0.2, 0) is 38.5 Å². The fraction of sp³-hybridized carbons (Fsp3) is 0.300. The SMILES string of the molecule is O=C1NC2(CC2)Cc2[nH]c3c(c21)CCc1cnc(-c2cc4ccccc4o2)cc1-3.O=C1NC2(CC2)Cc2[nH]c3c(c21)CCc1cnc(Cl)cc1-3. The molecule has 6 aromatic rings. The summed E-state index contributed by atoms with van der Waals surface area (Å²) in [5.41, 5.74) is 14.8. The van der Waals surface area contributed by atoms with Crippen LogP contribution in [0.15, 0.2) is 59.3 Å². The highest BCUT2D eigenvalue weighted by molar-refractivity contribution is 6.29. The van der Waals surface area contributed by atoms with Gasteiger partial charge in [-0.25, -0.2) is 4.98 Å². The van der Waals surface area contributed by atoms with Gasteiger partial charge in [-0.3, -0.25) is 14.6 Å². The predicted molar refractivity (Wildman–Crippen MR) is 189 cm³/mol. The number of H-pyrrole nitrogens is 2. The Balaban J connectivity index is 0.000000126. The third kappa shape index (κ3) is 4.32. The van der Waals surface area contributed by atoms with Crippen molar-refractivity contribution < 1.29 is 14.0 Å². The van der Waals surface area contributed by atoms with Crippen molar-refractivity contribution in [3.8, 4) is 34.0 Å². The molecule has 2 fully saturated rings. The lowest BCUT2D eigenvalue weighted by molar-refractivity contribution is 0.0908. The van der Waals surface area contributed by atoms with E-state index in [2.05, 4.69) is 36.6 Å². The molecule has 0 bridgehead atoms. The predicted octanol–water partition coefficient (Wildman–Crippen LogP) is 7.05. The van der Waals surface area contributed by atoms with Gasteiger partial charge < -0.3 is 25.0 Å². The summed E-state index contributed by atoms with van der Waals surface area (Å²) in [6.07, 6.45) is 13.6. The van der Waals surface area contributed by atoms with E-state index >= 15 is 0 Å². The van der Waals surface area contributed by atoms with Gasteiger partial charge in [0.25, 0.3) is 11.8 Å². The molecule has 4 aliphatic carbocycles. The number of aromatic nitrogens is 4. The molecule has 0 saturated heterocycles. The maximum Gasteiger partial charge on any atom is 0.253 e. The molecule has 4 N–H and O–H groups in total. The Labute approximate surface area is 292 Å². The molecule has 12 rings (SSSR count). The number of para-hydroxylation sites is 1. The molecule has 248 valence electrons. The summed E-state index contributed by atoms with van der Waals surface area (Å²) < 4.78 is 6.03. The molecule has 0 unspecified atom stereocenters. The number of carbonyl (C=O) groups excluding carboxylic acids is 2. The zero-order valence-corrected chi connectivity index (χ0v) is 28.0. The van der Waals surface area contributed by atoms with Gasteiger partial charge in [0.15, 0.2) is 5.76 Å². The van der Waals surface area contributed by atoms with E-state index in [4.69, 9.17) is 16.0 Å². The molecular formula is C40H33ClN6O3. The number of pyridine rings is 2. The lowest BCUT2D eigenvalue weighted by Gasteiger charge is -2.24. The molecule has 6 aliphatic rings. The van der Waals surface area contributed by atoms with Crippen molar-refractivity contribution in [1.29, 1.82) is 0 Å². The van der Waals surface area contributed by atoms with Gasteiger partial charge in [-0.1, -0.05) is 29.8 Å². The number of furan rings is 1. The van der Waals surface area contributed by atoms with E-state index in [-0.39, 0.29) is 22.9 Å². The third-order valence-corrected chi connectivity index (χ3v) is 12.0. The van der Waals surface area contributed by atoms with Crippen LogP contribution in [0.1, 0.15) is 80.0 Å². The van der Waals surface area contributed by atoms with Crippen molar-refractivity contribution in [2.75, 3.05) is 0 Å². The normalized spacial score (nSPS) is 19.2. The second-order valence-electron chi connectivity index (χ2n) is 15.0. The summed E-state index contributed by atoms with van der Waals surface area (Å²) in [4.78, 5) is 41.3. The molecule has 2 spiro atoms. The Bertz CT molecular complexity index is 2440. The van der Waals surface area contributed by atoms with Gasteiger partial charge in [-0.2, -0.15) is 0 Å². The van der Waals surface area contributed by atoms with E-state index < -0.39 is 0 Å². The average molecular weight is 681 g/mol. The van der Waals surface area contributed by atoms with Gasteiger partial charge in [0.1, 0.15) is 16.4 Å². The first-order valence-corrected chi connectivity index (χ1v) is 18.0. The van der Waals surface area contributed by atoms with E-state index in [9.17, 15) is 9.59 Å². The molecule has 9 nitrogen and oxygen atoms in total. The zero-order valence-electron chi connectivity index (χ0n) is 27.3. The highest BCUT2D eigenvalue weighted by Crippen LogP contribution is 2.47. The Hall–Kier alpha value is -5.15. The topological polar surface area (TPSA) is 129 Å². The summed E-state index contributed by atoms with van der Waals surface area (Å²) in [7, 11) is 0. The fourth-order valence-corrected chi connectivity index (χ4v) is 8.97. The largest absolute Gasteiger partial charge is 0.454 e. The van der Waals surface area contributed by atoms with Crippen molar-refractivity contribution in [2.24, 2.45) is 0 Å². The average Bonchev–Trinajstić information content (AvgIpc) is 3.84. The molecule has 50 heavy (non-hydrogen) atoms. The third-order valence-electron chi connectivity index (χ3n) is 11.8. The number of hydrogen-bond donors (Lipinski definition) is 4. The van der Waals surface area contributed by atoms with Crippen LogP contribution in [0, 0.1) is 0 Å². The summed E-state index contributed by atoms with van der Waals surface area (Å²) >= 11 is 6.05. The standard InChI is InChI=1S/C24H19N3O2.C16H14ClN3O/c28-23-21-15-6-5-14-12-25-17(20-9-13-3-1-2-4-19(13)29-20)10-16(14)22(15)26-18(21)11-24(27-23)7-8-24;17-12-5-10-8(7-18-12)1-2-9-13-11(19-14(9)10)6-16(3-4-16)20-15(13)21/h1-4,9-10,12,26H,5-8,11H2,(H,27,28);5,7,19H,1-4,6H2,(H,20,21). The molecular weight excluding hydrogens is 648 g/mol. The maximum absolute atomic E-state index is 12.8. The van der Waals surface area contributed by atoms with Gasteiger partial charge >= 0.3 is 0 Å². The second kappa shape index (κ2) is 9.97. The number of carbonyl (C=O) groups is 2. The Morgan fingerprint density at radius 3 is 1.88 bits per heavy atom. The molecule has 2 saturated carbocycles. The molecule has 10 heteroatoms. The van der Waals surface area contributed by atoms with Crippen LogP contribution in [0.4, 0.5) is 0 Å². The Kier molecular flexibility index (Phi) is 5.72. The number of nitrogens with zero attached hydrogens (tertiary/aromatic N) is 2. The number of fused-ring (bicyclic) bond motifs is 11. The first-order chi connectivity index (χ1) is 24.3. The van der Waals surface area contributed by atoms with E-state index in [1.807, 2.05) is 48.8 Å². The van der Waals surface area contributed by atoms with Gasteiger partial charge in [0.2, 0.25) is 0 Å². The second-order valence-corrected chi connectivity index (χ2v) is 15.4. The fourth-order valence-electron chi connectivity index (χ4n) is 8.81. The van der Waals surface area contributed by atoms with Crippen LogP contribution in [-0.4, -0.2) is 42.8 Å². The van der Waals surface area contributed by atoms with E-state index in [0.717, 1.165) is 143 Å². The highest BCUT2D eigenvalue weighted by atomic mass is 35.5. The molecule has 2 aliphatic heterocycles. The van der Waals surface area contributed by atoms with Gasteiger partial charge in [-0.15, -0.1) is 0 Å². The lowest BCUT2D eigenvalue weighted by Crippen LogP contribution is -2.43. The van der Waals surface area contributed by atoms with E-state index in [1.165, 1.54) is 11.1 Å². The minimum atomic E-state index is 0.0119. The van der Waals surface area contributed by atoms with Crippen molar-refractivity contribution in [2.45, 2.75) is 75.3 Å². The first-order valence-electron chi connectivity index (χ1n) is 17.6. The number of rotatable bonds is 1. The van der Waals surface area contributed by atoms with Crippen LogP contribution >= 0.6 is 11.6 Å². The minimum absolute atomic E-state index is 0.0119. The molecule has 1 aromatic carbocycles. The number of aryl methyl sites for hydroxylation is 2. The maximum atomic E-state index is 12.8. The molecule has 0 atom stereocenters. The summed E-state index contributed by atoms with van der Waals surface area (Å²) in [6.45, 7) is 0. The Morgan fingerprint density at radius 2 is 1.28 bits per heavy atom. The van der Waals surface area contributed by atoms with Crippen LogP contribution < -0.4 is 10.6 Å². The summed E-state index contributed by atoms with van der Waals surface area (Å²) in [5, 5.41) is 8.02. The zero-order chi connectivity index (χ0) is 33.4. The van der Waals surface area contributed by atoms with Gasteiger partial charge in [0.05, 0.1) is 22.5 Å². The quantitative estimate of drug-likeness (QED) is 0.138. The number of amides is 2. The number of benzene rings is 1. The van der Waals surface area contributed by atoms with Crippen LogP contribution in [0.25, 0.3) is 44.9 Å². The van der Waals surface area contributed by atoms with Crippen molar-refractivity contribution in [3.05, 3.63) is 105 Å². The summed E-state index contributed by atoms with van der Waals surface area (Å²) in [5.74, 6) is 0.957. The van der Waals surface area contributed by atoms with Crippen molar-refractivity contribution in [3.63, 3.8) is 0 Å².